The number of hydrogen-bond donors (Lipinski definition) is 3. The van der Waals surface area contributed by atoms with Crippen molar-refractivity contribution in [3.8, 4) is 6.07 Å². The fraction of sp³-hybridized carbons (Fsp3) is 0.273. The van der Waals surface area contributed by atoms with Gasteiger partial charge >= 0.3 is 5.97 Å². The second kappa shape index (κ2) is 5.30. The number of esters is 1. The number of aliphatic hydroxyl groups is 2. The summed E-state index contributed by atoms with van der Waals surface area (Å²) in [4.78, 5) is 11.2. The predicted molar refractivity (Wildman–Crippen MR) is 58.8 cm³/mol. The highest BCUT2D eigenvalue weighted by atomic mass is 16.5. The number of ether oxygens (including phenoxy) is 1. The van der Waals surface area contributed by atoms with Crippen molar-refractivity contribution in [3.05, 3.63) is 29.3 Å². The molecule has 0 aliphatic rings. The van der Waals surface area contributed by atoms with Crippen molar-refractivity contribution < 1.29 is 19.7 Å². The lowest BCUT2D eigenvalue weighted by Gasteiger charge is -2.14. The number of nitriles is 1. The molecule has 0 aliphatic carbocycles. The minimum atomic E-state index is -1.57. The van der Waals surface area contributed by atoms with Crippen LogP contribution in [0.5, 0.6) is 0 Å². The van der Waals surface area contributed by atoms with Crippen LogP contribution in [0.4, 0.5) is 5.69 Å². The van der Waals surface area contributed by atoms with Crippen molar-refractivity contribution in [1.82, 2.24) is 0 Å². The molecule has 1 rings (SSSR count). The fourth-order valence-corrected chi connectivity index (χ4v) is 1.33. The molecule has 6 heteroatoms. The van der Waals surface area contributed by atoms with Crippen molar-refractivity contribution in [2.45, 2.75) is 12.2 Å². The van der Waals surface area contributed by atoms with Gasteiger partial charge in [0, 0.05) is 11.3 Å². The lowest BCUT2D eigenvalue weighted by Crippen LogP contribution is -2.17. The van der Waals surface area contributed by atoms with Crippen LogP contribution in [0.3, 0.4) is 0 Å². The average Bonchev–Trinajstić information content (AvgIpc) is 2.35. The van der Waals surface area contributed by atoms with Crippen LogP contribution in [-0.4, -0.2) is 29.4 Å². The van der Waals surface area contributed by atoms with E-state index in [0.717, 1.165) is 0 Å². The van der Waals surface area contributed by atoms with Gasteiger partial charge in [0.15, 0.2) is 6.10 Å². The molecular weight excluding hydrogens is 224 g/mol. The molecule has 90 valence electrons. The SMILES string of the molecule is COC(=O)c1ccc(C(O)C(O)C#N)c(N)c1. The van der Waals surface area contributed by atoms with E-state index < -0.39 is 18.2 Å². The van der Waals surface area contributed by atoms with Crippen LogP contribution in [0.15, 0.2) is 18.2 Å². The second-order valence-corrected chi connectivity index (χ2v) is 3.35. The zero-order valence-electron chi connectivity index (χ0n) is 9.12. The highest BCUT2D eigenvalue weighted by molar-refractivity contribution is 5.90. The molecule has 0 saturated heterocycles. The topological polar surface area (TPSA) is 117 Å². The number of methoxy groups -OCH3 is 1. The Morgan fingerprint density at radius 3 is 2.65 bits per heavy atom. The number of nitrogens with two attached hydrogens (primary N) is 1. The zero-order chi connectivity index (χ0) is 13.0. The van der Waals surface area contributed by atoms with Crippen LogP contribution >= 0.6 is 0 Å². The molecule has 6 nitrogen and oxygen atoms in total. The van der Waals surface area contributed by atoms with Gasteiger partial charge in [-0.05, 0) is 12.1 Å². The Morgan fingerprint density at radius 2 is 2.18 bits per heavy atom. The van der Waals surface area contributed by atoms with Crippen molar-refractivity contribution in [2.75, 3.05) is 12.8 Å². The van der Waals surface area contributed by atoms with Gasteiger partial charge in [0.05, 0.1) is 18.7 Å². The van der Waals surface area contributed by atoms with Gasteiger partial charge in [-0.3, -0.25) is 0 Å². The summed E-state index contributed by atoms with van der Waals surface area (Å²) in [6.07, 6.45) is -2.98. The van der Waals surface area contributed by atoms with E-state index >= 15 is 0 Å². The lowest BCUT2D eigenvalue weighted by molar-refractivity contribution is 0.0531. The molecule has 0 saturated carbocycles. The van der Waals surface area contributed by atoms with E-state index in [4.69, 9.17) is 11.0 Å². The minimum Gasteiger partial charge on any atom is -0.465 e. The third kappa shape index (κ3) is 2.72. The third-order valence-corrected chi connectivity index (χ3v) is 2.26. The molecule has 2 unspecified atom stereocenters. The van der Waals surface area contributed by atoms with Crippen molar-refractivity contribution >= 4 is 11.7 Å². The summed E-state index contributed by atoms with van der Waals surface area (Å²) in [7, 11) is 1.24. The maximum atomic E-state index is 11.2. The largest absolute Gasteiger partial charge is 0.465 e. The molecule has 0 aliphatic heterocycles. The lowest BCUT2D eigenvalue weighted by atomic mass is 10.0. The number of rotatable bonds is 3. The summed E-state index contributed by atoms with van der Waals surface area (Å²) in [6.45, 7) is 0. The van der Waals surface area contributed by atoms with E-state index in [1.807, 2.05) is 0 Å². The number of carbonyl (C=O) groups excluding carboxylic acids is 1. The Kier molecular flexibility index (Phi) is 4.04. The molecule has 4 N–H and O–H groups in total. The Hall–Kier alpha value is -2.10. The summed E-state index contributed by atoms with van der Waals surface area (Å²) in [5, 5.41) is 27.2. The first-order valence-electron chi connectivity index (χ1n) is 4.74. The first-order valence-corrected chi connectivity index (χ1v) is 4.74. The van der Waals surface area contributed by atoms with Crippen molar-refractivity contribution in [3.63, 3.8) is 0 Å². The highest BCUT2D eigenvalue weighted by Gasteiger charge is 2.20. The Labute approximate surface area is 97.9 Å². The zero-order valence-corrected chi connectivity index (χ0v) is 9.12. The van der Waals surface area contributed by atoms with E-state index in [-0.39, 0.29) is 16.8 Å². The van der Waals surface area contributed by atoms with Gasteiger partial charge in [0.1, 0.15) is 6.10 Å². The number of carbonyl (C=O) groups is 1. The molecule has 1 aromatic rings. The standard InChI is InChI=1S/C11H12N2O4/c1-17-11(16)6-2-3-7(8(13)4-6)10(15)9(14)5-12/h2-4,9-10,14-15H,13H2,1H3. The van der Waals surface area contributed by atoms with E-state index in [1.165, 1.54) is 31.4 Å². The van der Waals surface area contributed by atoms with E-state index in [9.17, 15) is 15.0 Å². The molecule has 0 radical (unpaired) electrons. The number of hydrogen-bond acceptors (Lipinski definition) is 6. The molecule has 0 spiro atoms. The van der Waals surface area contributed by atoms with Crippen LogP contribution in [0.1, 0.15) is 22.0 Å². The van der Waals surface area contributed by atoms with E-state index in [0.29, 0.717) is 0 Å². The summed E-state index contributed by atoms with van der Waals surface area (Å²) in [5.74, 6) is -0.557. The summed E-state index contributed by atoms with van der Waals surface area (Å²) in [6, 6.07) is 5.57. The fourth-order valence-electron chi connectivity index (χ4n) is 1.33. The highest BCUT2D eigenvalue weighted by Crippen LogP contribution is 2.24. The van der Waals surface area contributed by atoms with Gasteiger partial charge < -0.3 is 20.7 Å². The van der Waals surface area contributed by atoms with Crippen LogP contribution in [0.2, 0.25) is 0 Å². The van der Waals surface area contributed by atoms with Crippen LogP contribution in [0, 0.1) is 11.3 Å². The van der Waals surface area contributed by atoms with Gasteiger partial charge in [0.2, 0.25) is 0 Å². The number of aliphatic hydroxyl groups excluding tert-OH is 2. The van der Waals surface area contributed by atoms with Crippen molar-refractivity contribution in [1.29, 1.82) is 5.26 Å². The Bertz CT molecular complexity index is 467. The predicted octanol–water partition coefficient (Wildman–Crippen LogP) is -0.0267. The van der Waals surface area contributed by atoms with Crippen LogP contribution < -0.4 is 5.73 Å². The van der Waals surface area contributed by atoms with Gasteiger partial charge in [0.25, 0.3) is 0 Å². The first-order chi connectivity index (χ1) is 8.01. The summed E-state index contributed by atoms with van der Waals surface area (Å²) >= 11 is 0. The molecule has 0 heterocycles. The maximum absolute atomic E-state index is 11.2. The second-order valence-electron chi connectivity index (χ2n) is 3.35. The summed E-state index contributed by atoms with van der Waals surface area (Å²) < 4.78 is 4.50. The molecule has 17 heavy (non-hydrogen) atoms. The normalized spacial score (nSPS) is 13.5. The number of benzene rings is 1. The van der Waals surface area contributed by atoms with Gasteiger partial charge in [-0.25, -0.2) is 4.79 Å². The number of nitrogen functional groups attached to an aromatic ring is 1. The quantitative estimate of drug-likeness (QED) is 0.385. The average molecular weight is 236 g/mol. The van der Waals surface area contributed by atoms with Gasteiger partial charge in [-0.15, -0.1) is 0 Å². The minimum absolute atomic E-state index is 0.106. The van der Waals surface area contributed by atoms with Gasteiger partial charge in [-0.2, -0.15) is 5.26 Å². The Balaban J connectivity index is 3.06. The first kappa shape index (κ1) is 13.0. The monoisotopic (exact) mass is 236 g/mol. The molecule has 0 aromatic heterocycles. The van der Waals surface area contributed by atoms with Crippen molar-refractivity contribution in [2.24, 2.45) is 0 Å². The van der Waals surface area contributed by atoms with Crippen LogP contribution in [-0.2, 0) is 4.74 Å². The molecule has 1 aromatic carbocycles. The molecular formula is C11H12N2O4. The summed E-state index contributed by atoms with van der Waals surface area (Å²) in [5.41, 5.74) is 6.14. The van der Waals surface area contributed by atoms with E-state index in [1.54, 1.807) is 0 Å². The molecule has 0 bridgehead atoms. The van der Waals surface area contributed by atoms with Crippen LogP contribution in [0.25, 0.3) is 0 Å². The number of nitrogens with zero attached hydrogens (tertiary/aromatic N) is 1. The third-order valence-electron chi connectivity index (χ3n) is 2.26. The smallest absolute Gasteiger partial charge is 0.337 e. The Morgan fingerprint density at radius 1 is 1.53 bits per heavy atom. The number of anilines is 1. The van der Waals surface area contributed by atoms with E-state index in [2.05, 4.69) is 4.74 Å². The molecule has 2 atom stereocenters. The maximum Gasteiger partial charge on any atom is 0.337 e. The van der Waals surface area contributed by atoms with Gasteiger partial charge in [-0.1, -0.05) is 6.07 Å². The molecule has 0 amide bonds. The molecule has 0 fully saturated rings.